The fraction of sp³-hybridized carbons (Fsp3) is 0.714. The molecule has 15 heavy (non-hydrogen) atoms. The Morgan fingerprint density at radius 1 is 1.47 bits per heavy atom. The van der Waals surface area contributed by atoms with Crippen molar-refractivity contribution < 1.29 is 12.9 Å². The molecule has 1 aromatic heterocycles. The summed E-state index contributed by atoms with van der Waals surface area (Å²) in [5.74, 6) is 0.485. The Morgan fingerprint density at radius 3 is 2.87 bits per heavy atom. The van der Waals surface area contributed by atoms with Gasteiger partial charge in [0.2, 0.25) is 15.9 Å². The second-order valence-corrected chi connectivity index (χ2v) is 4.83. The molecule has 1 aromatic rings. The van der Waals surface area contributed by atoms with E-state index in [0.29, 0.717) is 18.9 Å². The van der Waals surface area contributed by atoms with Gasteiger partial charge in [-0.3, -0.25) is 0 Å². The summed E-state index contributed by atoms with van der Waals surface area (Å²) in [6.07, 6.45) is 1.68. The quantitative estimate of drug-likeness (QED) is 0.612. The average molecular weight is 234 g/mol. The smallest absolute Gasteiger partial charge is 0.227 e. The lowest BCUT2D eigenvalue weighted by Gasteiger charge is -2.04. The summed E-state index contributed by atoms with van der Waals surface area (Å²) in [6, 6.07) is 0. The Hall–Kier alpha value is -0.990. The fourth-order valence-electron chi connectivity index (χ4n) is 0.928. The molecule has 0 spiro atoms. The summed E-state index contributed by atoms with van der Waals surface area (Å²) in [7, 11) is -1.50. The molecular formula is C7H14N4O3S. The standard InChI is InChI=1S/C7H14N4O3S/c1-8-4-5-15(12,13)11-3-2-7-9-6-10-14-7/h6,8,11H,2-5H2,1H3. The summed E-state index contributed by atoms with van der Waals surface area (Å²) in [5.41, 5.74) is 0. The van der Waals surface area contributed by atoms with Crippen LogP contribution in [0.1, 0.15) is 5.89 Å². The van der Waals surface area contributed by atoms with Crippen LogP contribution in [-0.2, 0) is 16.4 Å². The number of aromatic nitrogens is 2. The molecule has 0 bridgehead atoms. The molecule has 0 aliphatic carbocycles. The molecule has 0 aliphatic rings. The van der Waals surface area contributed by atoms with Crippen LogP contribution in [-0.4, -0.2) is 44.4 Å². The lowest BCUT2D eigenvalue weighted by molar-refractivity contribution is 0.377. The van der Waals surface area contributed by atoms with Crippen molar-refractivity contribution in [3.8, 4) is 0 Å². The van der Waals surface area contributed by atoms with Gasteiger partial charge in [-0.15, -0.1) is 0 Å². The normalized spacial score (nSPS) is 11.8. The molecule has 0 saturated heterocycles. The van der Waals surface area contributed by atoms with Gasteiger partial charge in [0.05, 0.1) is 5.75 Å². The molecule has 0 saturated carbocycles. The molecule has 0 amide bonds. The second kappa shape index (κ2) is 5.79. The highest BCUT2D eigenvalue weighted by Crippen LogP contribution is 1.91. The van der Waals surface area contributed by atoms with Gasteiger partial charge in [-0.1, -0.05) is 5.16 Å². The number of hydrogen-bond acceptors (Lipinski definition) is 6. The van der Waals surface area contributed by atoms with E-state index in [9.17, 15) is 8.42 Å². The number of nitrogens with one attached hydrogen (secondary N) is 2. The molecule has 0 fully saturated rings. The van der Waals surface area contributed by atoms with Crippen LogP contribution >= 0.6 is 0 Å². The van der Waals surface area contributed by atoms with Crippen molar-refractivity contribution in [1.29, 1.82) is 0 Å². The lowest BCUT2D eigenvalue weighted by Crippen LogP contribution is -2.32. The van der Waals surface area contributed by atoms with Crippen LogP contribution in [0.25, 0.3) is 0 Å². The van der Waals surface area contributed by atoms with Gasteiger partial charge in [-0.2, -0.15) is 4.98 Å². The fourth-order valence-corrected chi connectivity index (χ4v) is 1.96. The summed E-state index contributed by atoms with van der Waals surface area (Å²) in [4.78, 5) is 3.77. The van der Waals surface area contributed by atoms with E-state index >= 15 is 0 Å². The van der Waals surface area contributed by atoms with Gasteiger partial charge < -0.3 is 9.84 Å². The summed E-state index contributed by atoms with van der Waals surface area (Å²) < 4.78 is 29.8. The van der Waals surface area contributed by atoms with Gasteiger partial charge >= 0.3 is 0 Å². The molecule has 0 unspecified atom stereocenters. The maximum absolute atomic E-state index is 11.3. The van der Waals surface area contributed by atoms with E-state index in [1.54, 1.807) is 7.05 Å². The molecule has 0 radical (unpaired) electrons. The molecular weight excluding hydrogens is 220 g/mol. The maximum atomic E-state index is 11.3. The van der Waals surface area contributed by atoms with Gasteiger partial charge in [-0.25, -0.2) is 13.1 Å². The highest BCUT2D eigenvalue weighted by Gasteiger charge is 2.09. The molecule has 0 aliphatic heterocycles. The predicted molar refractivity (Wildman–Crippen MR) is 53.7 cm³/mol. The van der Waals surface area contributed by atoms with Crippen LogP contribution in [0, 0.1) is 0 Å². The summed E-state index contributed by atoms with van der Waals surface area (Å²) in [5, 5.41) is 6.18. The zero-order chi connectivity index (χ0) is 11.1. The molecule has 2 N–H and O–H groups in total. The zero-order valence-corrected chi connectivity index (χ0v) is 9.25. The third-order valence-electron chi connectivity index (χ3n) is 1.69. The van der Waals surface area contributed by atoms with Gasteiger partial charge in [0, 0.05) is 19.5 Å². The van der Waals surface area contributed by atoms with Crippen LogP contribution in [0.4, 0.5) is 0 Å². The predicted octanol–water partition coefficient (Wildman–Crippen LogP) is -1.25. The van der Waals surface area contributed by atoms with Crippen molar-refractivity contribution in [2.75, 3.05) is 25.9 Å². The molecule has 86 valence electrons. The van der Waals surface area contributed by atoms with Crippen molar-refractivity contribution >= 4 is 10.0 Å². The van der Waals surface area contributed by atoms with Crippen LogP contribution in [0.15, 0.2) is 10.9 Å². The summed E-state index contributed by atoms with van der Waals surface area (Å²) in [6.45, 7) is 0.699. The van der Waals surface area contributed by atoms with E-state index in [2.05, 4.69) is 20.2 Å². The third-order valence-corrected chi connectivity index (χ3v) is 3.07. The van der Waals surface area contributed by atoms with Crippen molar-refractivity contribution in [3.05, 3.63) is 12.2 Å². The van der Waals surface area contributed by atoms with E-state index in [-0.39, 0.29) is 12.3 Å². The molecule has 0 aromatic carbocycles. The zero-order valence-electron chi connectivity index (χ0n) is 8.43. The molecule has 1 heterocycles. The second-order valence-electron chi connectivity index (χ2n) is 2.90. The van der Waals surface area contributed by atoms with Crippen molar-refractivity contribution in [2.45, 2.75) is 6.42 Å². The Kier molecular flexibility index (Phi) is 4.66. The first-order valence-electron chi connectivity index (χ1n) is 4.51. The first-order valence-corrected chi connectivity index (χ1v) is 6.17. The van der Waals surface area contributed by atoms with Crippen LogP contribution in [0.2, 0.25) is 0 Å². The van der Waals surface area contributed by atoms with Gasteiger partial charge in [0.25, 0.3) is 0 Å². The van der Waals surface area contributed by atoms with E-state index in [4.69, 9.17) is 4.52 Å². The van der Waals surface area contributed by atoms with Crippen molar-refractivity contribution in [3.63, 3.8) is 0 Å². The van der Waals surface area contributed by atoms with Crippen molar-refractivity contribution in [2.24, 2.45) is 0 Å². The average Bonchev–Trinajstić information content (AvgIpc) is 2.67. The number of nitrogens with zero attached hydrogens (tertiary/aromatic N) is 2. The molecule has 7 nitrogen and oxygen atoms in total. The van der Waals surface area contributed by atoms with E-state index in [1.807, 2.05) is 0 Å². The maximum Gasteiger partial charge on any atom is 0.227 e. The Balaban J connectivity index is 2.24. The Morgan fingerprint density at radius 2 is 2.27 bits per heavy atom. The minimum Gasteiger partial charge on any atom is -0.340 e. The van der Waals surface area contributed by atoms with E-state index in [0.717, 1.165) is 0 Å². The SMILES string of the molecule is CNCCS(=O)(=O)NCCc1ncno1. The molecule has 1 rings (SSSR count). The first-order chi connectivity index (χ1) is 7.14. The highest BCUT2D eigenvalue weighted by atomic mass is 32.2. The number of rotatable bonds is 7. The Bertz CT molecular complexity index is 362. The van der Waals surface area contributed by atoms with E-state index < -0.39 is 10.0 Å². The first kappa shape index (κ1) is 12.1. The third kappa shape index (κ3) is 4.86. The summed E-state index contributed by atoms with van der Waals surface area (Å²) >= 11 is 0. The molecule has 8 heteroatoms. The van der Waals surface area contributed by atoms with E-state index in [1.165, 1.54) is 6.33 Å². The minimum absolute atomic E-state index is 0.0628. The van der Waals surface area contributed by atoms with Crippen LogP contribution in [0.3, 0.4) is 0 Å². The van der Waals surface area contributed by atoms with Crippen LogP contribution in [0.5, 0.6) is 0 Å². The number of sulfonamides is 1. The van der Waals surface area contributed by atoms with Gasteiger partial charge in [0.15, 0.2) is 6.33 Å². The monoisotopic (exact) mass is 234 g/mol. The Labute approximate surface area is 88.3 Å². The van der Waals surface area contributed by atoms with Gasteiger partial charge in [-0.05, 0) is 7.05 Å². The van der Waals surface area contributed by atoms with Crippen LogP contribution < -0.4 is 10.0 Å². The van der Waals surface area contributed by atoms with Crippen molar-refractivity contribution in [1.82, 2.24) is 20.2 Å². The minimum atomic E-state index is -3.20. The molecule has 0 atom stereocenters. The number of hydrogen-bond donors (Lipinski definition) is 2. The van der Waals surface area contributed by atoms with Gasteiger partial charge in [0.1, 0.15) is 0 Å². The lowest BCUT2D eigenvalue weighted by atomic mass is 10.4. The highest BCUT2D eigenvalue weighted by molar-refractivity contribution is 7.89. The largest absolute Gasteiger partial charge is 0.340 e. The topological polar surface area (TPSA) is 97.1 Å².